The number of hydrogen-bond donors (Lipinski definition) is 2. The molecule has 1 aliphatic rings. The molecular formula is C11H19ClN2O3. The van der Waals surface area contributed by atoms with Crippen LogP contribution in [0.5, 0.6) is 0 Å². The highest BCUT2D eigenvalue weighted by atomic mass is 35.5. The first kappa shape index (κ1) is 14.3. The zero-order valence-corrected chi connectivity index (χ0v) is 11.1. The van der Waals surface area contributed by atoms with Crippen molar-refractivity contribution in [2.45, 2.75) is 50.6 Å². The number of carbonyl (C=O) groups is 2. The minimum atomic E-state index is -0.716. The third kappa shape index (κ3) is 4.91. The number of hydrogen-bond acceptors (Lipinski definition) is 3. The third-order valence-electron chi connectivity index (χ3n) is 2.63. The van der Waals surface area contributed by atoms with Crippen LogP contribution in [0.15, 0.2) is 0 Å². The molecule has 0 spiro atoms. The molecule has 5 nitrogen and oxygen atoms in total. The molecule has 6 heteroatoms. The first-order valence-electron chi connectivity index (χ1n) is 5.69. The summed E-state index contributed by atoms with van der Waals surface area (Å²) in [6.45, 7) is 6.08. The van der Waals surface area contributed by atoms with Crippen molar-refractivity contribution in [3.8, 4) is 0 Å². The van der Waals surface area contributed by atoms with E-state index in [0.717, 1.165) is 12.8 Å². The highest BCUT2D eigenvalue weighted by Gasteiger charge is 2.29. The van der Waals surface area contributed by atoms with Crippen LogP contribution in [-0.4, -0.2) is 35.6 Å². The fourth-order valence-corrected chi connectivity index (χ4v) is 1.84. The Kier molecular flexibility index (Phi) is 4.77. The van der Waals surface area contributed by atoms with Crippen molar-refractivity contribution in [1.29, 1.82) is 0 Å². The van der Waals surface area contributed by atoms with E-state index in [4.69, 9.17) is 16.3 Å². The highest BCUT2D eigenvalue weighted by molar-refractivity contribution is 6.31. The number of rotatable bonds is 2. The van der Waals surface area contributed by atoms with Crippen LogP contribution < -0.4 is 10.6 Å². The molecule has 3 amide bonds. The molecule has 1 saturated heterocycles. The number of nitrogens with one attached hydrogen (secondary N) is 2. The topological polar surface area (TPSA) is 67.4 Å². The van der Waals surface area contributed by atoms with Gasteiger partial charge in [0.05, 0.1) is 5.60 Å². The van der Waals surface area contributed by atoms with Gasteiger partial charge >= 0.3 is 6.03 Å². The monoisotopic (exact) mass is 262 g/mol. The molecule has 0 aliphatic carbocycles. The summed E-state index contributed by atoms with van der Waals surface area (Å²) in [4.78, 5) is 22.7. The summed E-state index contributed by atoms with van der Waals surface area (Å²) < 4.78 is 5.54. The molecule has 0 radical (unpaired) electrons. The summed E-state index contributed by atoms with van der Waals surface area (Å²) in [6, 6.07) is -0.470. The SMILES string of the molecule is CC(Cl)C(=O)NC(=O)NC1CCOC(C)(C)C1. The third-order valence-corrected chi connectivity index (χ3v) is 2.83. The number of amides is 3. The van der Waals surface area contributed by atoms with Crippen molar-refractivity contribution >= 4 is 23.5 Å². The van der Waals surface area contributed by atoms with E-state index in [1.807, 2.05) is 13.8 Å². The van der Waals surface area contributed by atoms with Gasteiger partial charge < -0.3 is 10.1 Å². The van der Waals surface area contributed by atoms with E-state index in [-0.39, 0.29) is 11.6 Å². The maximum atomic E-state index is 11.5. The Morgan fingerprint density at radius 2 is 2.12 bits per heavy atom. The fraction of sp³-hybridized carbons (Fsp3) is 0.818. The molecule has 98 valence electrons. The van der Waals surface area contributed by atoms with E-state index in [1.54, 1.807) is 0 Å². The van der Waals surface area contributed by atoms with Gasteiger partial charge in [-0.3, -0.25) is 10.1 Å². The maximum Gasteiger partial charge on any atom is 0.321 e. The van der Waals surface area contributed by atoms with Crippen LogP contribution in [0.1, 0.15) is 33.6 Å². The lowest BCUT2D eigenvalue weighted by Crippen LogP contribution is -2.50. The number of urea groups is 1. The molecule has 2 unspecified atom stereocenters. The first-order valence-corrected chi connectivity index (χ1v) is 6.13. The molecule has 0 aromatic heterocycles. The summed E-state index contributed by atoms with van der Waals surface area (Å²) in [7, 11) is 0. The summed E-state index contributed by atoms with van der Waals surface area (Å²) in [5.41, 5.74) is -0.236. The predicted octanol–water partition coefficient (Wildman–Crippen LogP) is 1.40. The van der Waals surface area contributed by atoms with Crippen molar-refractivity contribution in [2.75, 3.05) is 6.61 Å². The standard InChI is InChI=1S/C11H19ClN2O3/c1-7(12)9(15)14-10(16)13-8-4-5-17-11(2,3)6-8/h7-8H,4-6H2,1-3H3,(H2,13,14,15,16). The Balaban J connectivity index is 2.38. The van der Waals surface area contributed by atoms with Crippen LogP contribution >= 0.6 is 11.6 Å². The highest BCUT2D eigenvalue weighted by Crippen LogP contribution is 2.23. The molecule has 1 fully saturated rings. The van der Waals surface area contributed by atoms with Crippen LogP contribution in [0, 0.1) is 0 Å². The van der Waals surface area contributed by atoms with Gasteiger partial charge in [0.25, 0.3) is 0 Å². The Labute approximate surface area is 106 Å². The number of carbonyl (C=O) groups excluding carboxylic acids is 2. The Morgan fingerprint density at radius 1 is 1.47 bits per heavy atom. The van der Waals surface area contributed by atoms with E-state index in [2.05, 4.69) is 10.6 Å². The van der Waals surface area contributed by atoms with Crippen LogP contribution in [0.25, 0.3) is 0 Å². The van der Waals surface area contributed by atoms with Gasteiger partial charge in [-0.15, -0.1) is 11.6 Å². The molecule has 0 saturated carbocycles. The van der Waals surface area contributed by atoms with Gasteiger partial charge in [0.2, 0.25) is 5.91 Å². The van der Waals surface area contributed by atoms with E-state index in [9.17, 15) is 9.59 Å². The van der Waals surface area contributed by atoms with Gasteiger partial charge in [0, 0.05) is 12.6 Å². The summed E-state index contributed by atoms with van der Waals surface area (Å²) in [6.07, 6.45) is 1.48. The number of ether oxygens (including phenoxy) is 1. The quantitative estimate of drug-likeness (QED) is 0.739. The van der Waals surface area contributed by atoms with Gasteiger partial charge in [-0.1, -0.05) is 0 Å². The normalized spacial score (nSPS) is 24.8. The van der Waals surface area contributed by atoms with Crippen LogP contribution in [0.2, 0.25) is 0 Å². The number of alkyl halides is 1. The molecular weight excluding hydrogens is 244 g/mol. The van der Waals surface area contributed by atoms with Crippen molar-refractivity contribution < 1.29 is 14.3 Å². The average molecular weight is 263 g/mol. The molecule has 2 atom stereocenters. The Hall–Kier alpha value is -0.810. The molecule has 0 aromatic rings. The summed E-state index contributed by atoms with van der Waals surface area (Å²) in [5.74, 6) is -0.490. The lowest BCUT2D eigenvalue weighted by Gasteiger charge is -2.35. The van der Waals surface area contributed by atoms with Crippen molar-refractivity contribution in [1.82, 2.24) is 10.6 Å². The lowest BCUT2D eigenvalue weighted by atomic mass is 9.94. The molecule has 2 N–H and O–H groups in total. The summed E-state index contributed by atoms with van der Waals surface area (Å²) in [5, 5.41) is 4.23. The average Bonchev–Trinajstić information content (AvgIpc) is 2.15. The van der Waals surface area contributed by atoms with E-state index >= 15 is 0 Å². The second-order valence-electron chi connectivity index (χ2n) is 4.88. The zero-order chi connectivity index (χ0) is 13.1. The fourth-order valence-electron chi connectivity index (χ4n) is 1.79. The Bertz CT molecular complexity index is 305. The lowest BCUT2D eigenvalue weighted by molar-refractivity contribution is -0.119. The summed E-state index contributed by atoms with van der Waals surface area (Å²) >= 11 is 5.55. The molecule has 1 aliphatic heterocycles. The van der Waals surface area contributed by atoms with Gasteiger partial charge in [0.15, 0.2) is 0 Å². The van der Waals surface area contributed by atoms with E-state index in [0.29, 0.717) is 6.61 Å². The second kappa shape index (κ2) is 5.69. The minimum Gasteiger partial charge on any atom is -0.375 e. The molecule has 0 bridgehead atoms. The zero-order valence-electron chi connectivity index (χ0n) is 10.4. The first-order chi connectivity index (χ1) is 7.80. The van der Waals surface area contributed by atoms with Crippen LogP contribution in [0.3, 0.4) is 0 Å². The second-order valence-corrected chi connectivity index (χ2v) is 5.53. The van der Waals surface area contributed by atoms with Crippen LogP contribution in [-0.2, 0) is 9.53 Å². The molecule has 1 rings (SSSR count). The smallest absolute Gasteiger partial charge is 0.321 e. The van der Waals surface area contributed by atoms with E-state index in [1.165, 1.54) is 6.92 Å². The molecule has 17 heavy (non-hydrogen) atoms. The van der Waals surface area contributed by atoms with Gasteiger partial charge in [-0.05, 0) is 33.6 Å². The number of imide groups is 1. The molecule has 1 heterocycles. The Morgan fingerprint density at radius 3 is 2.65 bits per heavy atom. The van der Waals surface area contributed by atoms with Crippen molar-refractivity contribution in [2.24, 2.45) is 0 Å². The minimum absolute atomic E-state index is 0.0252. The van der Waals surface area contributed by atoms with Crippen LogP contribution in [0.4, 0.5) is 4.79 Å². The van der Waals surface area contributed by atoms with Gasteiger partial charge in [-0.25, -0.2) is 4.79 Å². The number of halogens is 1. The van der Waals surface area contributed by atoms with Gasteiger partial charge in [0.1, 0.15) is 5.38 Å². The predicted molar refractivity (Wildman–Crippen MR) is 65.0 cm³/mol. The largest absolute Gasteiger partial charge is 0.375 e. The molecule has 0 aromatic carbocycles. The maximum absolute atomic E-state index is 11.5. The van der Waals surface area contributed by atoms with E-state index < -0.39 is 17.3 Å². The van der Waals surface area contributed by atoms with Crippen molar-refractivity contribution in [3.63, 3.8) is 0 Å². The van der Waals surface area contributed by atoms with Gasteiger partial charge in [-0.2, -0.15) is 0 Å². The van der Waals surface area contributed by atoms with Crippen molar-refractivity contribution in [3.05, 3.63) is 0 Å².